The molecular weight excluding hydrogens is 182 g/mol. The molecule has 0 aliphatic carbocycles. The first-order valence-electron chi connectivity index (χ1n) is 4.97. The van der Waals surface area contributed by atoms with Crippen LogP contribution in [-0.2, 0) is 9.53 Å². The zero-order chi connectivity index (χ0) is 11.1. The summed E-state index contributed by atoms with van der Waals surface area (Å²) in [6.07, 6.45) is 0.310. The predicted octanol–water partition coefficient (Wildman–Crippen LogP) is 0.641. The Morgan fingerprint density at radius 3 is 2.43 bits per heavy atom. The second-order valence-corrected chi connectivity index (χ2v) is 3.81. The fraction of sp³-hybridized carbons (Fsp3) is 0.900. The van der Waals surface area contributed by atoms with Gasteiger partial charge in [0, 0.05) is 13.6 Å². The van der Waals surface area contributed by atoms with Gasteiger partial charge in [0.05, 0.1) is 12.2 Å². The minimum Gasteiger partial charge on any atom is -0.393 e. The first kappa shape index (κ1) is 13.4. The topological polar surface area (TPSA) is 49.8 Å². The van der Waals surface area contributed by atoms with Crippen molar-refractivity contribution in [3.8, 4) is 0 Å². The van der Waals surface area contributed by atoms with Crippen LogP contribution in [0.2, 0.25) is 0 Å². The van der Waals surface area contributed by atoms with Crippen LogP contribution in [0.1, 0.15) is 27.2 Å². The third-order valence-corrected chi connectivity index (χ3v) is 1.85. The molecular formula is C10H21NO3. The number of nitrogens with zero attached hydrogens (tertiary/aromatic N) is 1. The Kier molecular flexibility index (Phi) is 6.49. The highest BCUT2D eigenvalue weighted by atomic mass is 16.5. The zero-order valence-corrected chi connectivity index (χ0v) is 9.49. The summed E-state index contributed by atoms with van der Waals surface area (Å²) in [5.41, 5.74) is 0. The summed E-state index contributed by atoms with van der Waals surface area (Å²) >= 11 is 0. The Morgan fingerprint density at radius 2 is 2.00 bits per heavy atom. The van der Waals surface area contributed by atoms with Crippen molar-refractivity contribution in [1.29, 1.82) is 0 Å². The molecule has 0 aliphatic heterocycles. The second-order valence-electron chi connectivity index (χ2n) is 3.81. The van der Waals surface area contributed by atoms with Crippen LogP contribution in [0, 0.1) is 0 Å². The molecule has 0 aliphatic rings. The van der Waals surface area contributed by atoms with Crippen molar-refractivity contribution in [3.05, 3.63) is 0 Å². The first-order valence-corrected chi connectivity index (χ1v) is 4.97. The van der Waals surface area contributed by atoms with Crippen LogP contribution in [0.5, 0.6) is 0 Å². The lowest BCUT2D eigenvalue weighted by Crippen LogP contribution is -2.33. The minimum absolute atomic E-state index is 0.0423. The van der Waals surface area contributed by atoms with Crippen LogP contribution in [-0.4, -0.2) is 48.3 Å². The number of ether oxygens (including phenoxy) is 1. The molecule has 0 bridgehead atoms. The van der Waals surface area contributed by atoms with Gasteiger partial charge in [0.15, 0.2) is 0 Å². The largest absolute Gasteiger partial charge is 0.393 e. The van der Waals surface area contributed by atoms with Crippen LogP contribution in [0.4, 0.5) is 0 Å². The van der Waals surface area contributed by atoms with Crippen molar-refractivity contribution in [2.75, 3.05) is 20.2 Å². The Labute approximate surface area is 85.9 Å². The van der Waals surface area contributed by atoms with Gasteiger partial charge in [-0.05, 0) is 27.2 Å². The van der Waals surface area contributed by atoms with Crippen LogP contribution < -0.4 is 0 Å². The van der Waals surface area contributed by atoms with Gasteiger partial charge in [-0.1, -0.05) is 0 Å². The highest BCUT2D eigenvalue weighted by Crippen LogP contribution is 1.95. The fourth-order valence-corrected chi connectivity index (χ4v) is 0.853. The van der Waals surface area contributed by atoms with Crippen molar-refractivity contribution in [2.45, 2.75) is 39.4 Å². The van der Waals surface area contributed by atoms with Gasteiger partial charge in [-0.3, -0.25) is 4.79 Å². The Morgan fingerprint density at radius 1 is 1.43 bits per heavy atom. The Hall–Kier alpha value is -0.610. The average molecular weight is 203 g/mol. The van der Waals surface area contributed by atoms with Crippen molar-refractivity contribution < 1.29 is 14.6 Å². The molecule has 0 aromatic carbocycles. The standard InChI is InChI=1S/C10H21NO3/c1-8(2)14-7-10(13)11(4)6-5-9(3)12/h8-9,12H,5-7H2,1-4H3. The maximum absolute atomic E-state index is 11.4. The van der Waals surface area contributed by atoms with E-state index in [4.69, 9.17) is 9.84 Å². The van der Waals surface area contributed by atoms with Gasteiger partial charge < -0.3 is 14.7 Å². The summed E-state index contributed by atoms with van der Waals surface area (Å²) in [7, 11) is 1.72. The van der Waals surface area contributed by atoms with E-state index in [9.17, 15) is 4.79 Å². The maximum atomic E-state index is 11.4. The van der Waals surface area contributed by atoms with Gasteiger partial charge >= 0.3 is 0 Å². The number of rotatable bonds is 6. The van der Waals surface area contributed by atoms with Crippen molar-refractivity contribution in [3.63, 3.8) is 0 Å². The van der Waals surface area contributed by atoms with Gasteiger partial charge in [0.2, 0.25) is 5.91 Å². The lowest BCUT2D eigenvalue weighted by atomic mass is 10.3. The fourth-order valence-electron chi connectivity index (χ4n) is 0.853. The van der Waals surface area contributed by atoms with Crippen LogP contribution >= 0.6 is 0 Å². The van der Waals surface area contributed by atoms with Gasteiger partial charge in [0.25, 0.3) is 0 Å². The number of amides is 1. The van der Waals surface area contributed by atoms with E-state index >= 15 is 0 Å². The first-order chi connectivity index (χ1) is 6.43. The molecule has 1 unspecified atom stereocenters. The zero-order valence-electron chi connectivity index (χ0n) is 9.49. The van der Waals surface area contributed by atoms with E-state index in [2.05, 4.69) is 0 Å². The van der Waals surface area contributed by atoms with Gasteiger partial charge in [-0.2, -0.15) is 0 Å². The minimum atomic E-state index is -0.365. The number of aliphatic hydroxyl groups is 1. The molecule has 14 heavy (non-hydrogen) atoms. The third kappa shape index (κ3) is 6.86. The second kappa shape index (κ2) is 6.79. The van der Waals surface area contributed by atoms with E-state index in [0.29, 0.717) is 13.0 Å². The van der Waals surface area contributed by atoms with Crippen LogP contribution in [0.25, 0.3) is 0 Å². The number of carbonyl (C=O) groups excluding carboxylic acids is 1. The molecule has 1 N–H and O–H groups in total. The molecule has 0 saturated carbocycles. The highest BCUT2D eigenvalue weighted by molar-refractivity contribution is 5.77. The lowest BCUT2D eigenvalue weighted by molar-refractivity contribution is -0.136. The van der Waals surface area contributed by atoms with E-state index in [1.165, 1.54) is 0 Å². The monoisotopic (exact) mass is 203 g/mol. The van der Waals surface area contributed by atoms with E-state index < -0.39 is 0 Å². The molecule has 0 radical (unpaired) electrons. The molecule has 4 heteroatoms. The summed E-state index contributed by atoms with van der Waals surface area (Å²) < 4.78 is 5.18. The van der Waals surface area contributed by atoms with Crippen LogP contribution in [0.3, 0.4) is 0 Å². The SMILES string of the molecule is CC(O)CCN(C)C(=O)COC(C)C. The van der Waals surface area contributed by atoms with Crippen molar-refractivity contribution >= 4 is 5.91 Å². The normalized spacial score (nSPS) is 13.0. The average Bonchev–Trinajstić information content (AvgIpc) is 2.09. The predicted molar refractivity (Wildman–Crippen MR) is 55.0 cm³/mol. The molecule has 1 amide bonds. The quantitative estimate of drug-likeness (QED) is 0.689. The van der Waals surface area contributed by atoms with E-state index in [-0.39, 0.29) is 24.7 Å². The van der Waals surface area contributed by atoms with Gasteiger partial charge in [-0.25, -0.2) is 0 Å². The number of likely N-dealkylation sites (N-methyl/N-ethyl adjacent to an activating group) is 1. The molecule has 0 aromatic rings. The molecule has 0 heterocycles. The molecule has 0 spiro atoms. The van der Waals surface area contributed by atoms with Crippen molar-refractivity contribution in [1.82, 2.24) is 4.90 Å². The summed E-state index contributed by atoms with van der Waals surface area (Å²) in [5.74, 6) is -0.0423. The molecule has 84 valence electrons. The molecule has 0 fully saturated rings. The molecule has 0 rings (SSSR count). The number of hydrogen-bond donors (Lipinski definition) is 1. The smallest absolute Gasteiger partial charge is 0.248 e. The van der Waals surface area contributed by atoms with Crippen LogP contribution in [0.15, 0.2) is 0 Å². The molecule has 0 saturated heterocycles. The van der Waals surface area contributed by atoms with Crippen molar-refractivity contribution in [2.24, 2.45) is 0 Å². The van der Waals surface area contributed by atoms with Gasteiger partial charge in [0.1, 0.15) is 6.61 Å². The molecule has 1 atom stereocenters. The number of hydrogen-bond acceptors (Lipinski definition) is 3. The highest BCUT2D eigenvalue weighted by Gasteiger charge is 2.10. The summed E-state index contributed by atoms with van der Waals surface area (Å²) in [6, 6.07) is 0. The van der Waals surface area contributed by atoms with Gasteiger partial charge in [-0.15, -0.1) is 0 Å². The summed E-state index contributed by atoms with van der Waals surface area (Å²) in [5, 5.41) is 9.03. The lowest BCUT2D eigenvalue weighted by Gasteiger charge is -2.18. The third-order valence-electron chi connectivity index (χ3n) is 1.85. The summed E-state index contributed by atoms with van der Waals surface area (Å²) in [6.45, 7) is 6.18. The number of aliphatic hydroxyl groups excluding tert-OH is 1. The number of carbonyl (C=O) groups is 1. The molecule has 0 aromatic heterocycles. The van der Waals surface area contributed by atoms with E-state index in [1.54, 1.807) is 18.9 Å². The van der Waals surface area contributed by atoms with E-state index in [0.717, 1.165) is 0 Å². The maximum Gasteiger partial charge on any atom is 0.248 e. The van der Waals surface area contributed by atoms with E-state index in [1.807, 2.05) is 13.8 Å². The Balaban J connectivity index is 3.65. The summed E-state index contributed by atoms with van der Waals surface area (Å²) in [4.78, 5) is 13.0. The Bertz CT molecular complexity index is 169. The molecule has 4 nitrogen and oxygen atoms in total.